The van der Waals surface area contributed by atoms with Crippen LogP contribution in [-0.4, -0.2) is 24.0 Å². The summed E-state index contributed by atoms with van der Waals surface area (Å²) in [5.41, 5.74) is 2.04. The van der Waals surface area contributed by atoms with Crippen molar-refractivity contribution in [3.8, 4) is 6.07 Å². The second kappa shape index (κ2) is 7.65. The fourth-order valence-corrected chi connectivity index (χ4v) is 4.94. The van der Waals surface area contributed by atoms with Crippen LogP contribution in [0.15, 0.2) is 42.5 Å². The second-order valence-corrected chi connectivity index (χ2v) is 8.12. The van der Waals surface area contributed by atoms with Gasteiger partial charge >= 0.3 is 0 Å². The van der Waals surface area contributed by atoms with Crippen molar-refractivity contribution in [3.05, 3.63) is 58.1 Å². The summed E-state index contributed by atoms with van der Waals surface area (Å²) >= 11 is 7.76. The number of hydrogen-bond acceptors (Lipinski definition) is 4. The Morgan fingerprint density at radius 2 is 2.22 bits per heavy atom. The molecule has 1 aliphatic heterocycles. The summed E-state index contributed by atoms with van der Waals surface area (Å²) in [5, 5.41) is 13.3. The van der Waals surface area contributed by atoms with E-state index in [2.05, 4.69) is 11.4 Å². The first-order valence-corrected chi connectivity index (χ1v) is 10.0. The van der Waals surface area contributed by atoms with Gasteiger partial charge in [-0.3, -0.25) is 4.79 Å². The van der Waals surface area contributed by atoms with Crippen LogP contribution in [0.5, 0.6) is 0 Å². The highest BCUT2D eigenvalue weighted by atomic mass is 35.5. The van der Waals surface area contributed by atoms with Gasteiger partial charge in [0, 0.05) is 18.5 Å². The summed E-state index contributed by atoms with van der Waals surface area (Å²) in [6.07, 6.45) is 2.14. The van der Waals surface area contributed by atoms with E-state index in [-0.39, 0.29) is 11.9 Å². The number of nitrogens with zero attached hydrogens (tertiary/aromatic N) is 2. The number of thiazole rings is 1. The van der Waals surface area contributed by atoms with E-state index in [1.165, 1.54) is 9.60 Å². The summed E-state index contributed by atoms with van der Waals surface area (Å²) in [6.45, 7) is 1.35. The highest BCUT2D eigenvalue weighted by molar-refractivity contribution is 7.18. The zero-order valence-electron chi connectivity index (χ0n) is 14.5. The van der Waals surface area contributed by atoms with Crippen molar-refractivity contribution in [2.24, 2.45) is 0 Å². The number of aromatic nitrogens is 1. The van der Waals surface area contributed by atoms with Crippen LogP contribution in [-0.2, 0) is 4.79 Å². The molecular formula is C20H18ClN4OS+. The van der Waals surface area contributed by atoms with Crippen molar-refractivity contribution >= 4 is 44.7 Å². The molecule has 136 valence electrons. The van der Waals surface area contributed by atoms with Crippen molar-refractivity contribution < 1.29 is 9.69 Å². The third-order valence-corrected chi connectivity index (χ3v) is 6.32. The highest BCUT2D eigenvalue weighted by Gasteiger charge is 2.34. The molecule has 0 bridgehead atoms. The smallest absolute Gasteiger partial charge is 0.279 e. The molecule has 27 heavy (non-hydrogen) atoms. The van der Waals surface area contributed by atoms with Crippen LogP contribution >= 0.6 is 22.9 Å². The van der Waals surface area contributed by atoms with Gasteiger partial charge in [0.05, 0.1) is 27.3 Å². The third-order valence-electron chi connectivity index (χ3n) is 4.85. The number of fused-ring (bicyclic) bond motifs is 1. The zero-order chi connectivity index (χ0) is 18.8. The number of benzene rings is 2. The summed E-state index contributed by atoms with van der Waals surface area (Å²) in [4.78, 5) is 18.6. The predicted octanol–water partition coefficient (Wildman–Crippen LogP) is 3.18. The Morgan fingerprint density at radius 3 is 3.00 bits per heavy atom. The molecule has 7 heteroatoms. The molecule has 2 aromatic carbocycles. The van der Waals surface area contributed by atoms with Crippen LogP contribution in [0, 0.1) is 11.3 Å². The monoisotopic (exact) mass is 397 g/mol. The highest BCUT2D eigenvalue weighted by Crippen LogP contribution is 2.28. The van der Waals surface area contributed by atoms with Gasteiger partial charge in [0.2, 0.25) is 0 Å². The maximum Gasteiger partial charge on any atom is 0.279 e. The normalized spacial score (nSPS) is 19.1. The lowest BCUT2D eigenvalue weighted by molar-refractivity contribution is -0.910. The minimum Gasteiger partial charge on any atom is -0.321 e. The second-order valence-electron chi connectivity index (χ2n) is 6.65. The quantitative estimate of drug-likeness (QED) is 0.710. The van der Waals surface area contributed by atoms with Gasteiger partial charge in [-0.05, 0) is 30.3 Å². The standard InChI is InChI=1S/C20H17ClN4OS/c21-15-10-14(8-7-13(15)11-22)23-19(26)12-25-9-3-5-17(25)20-24-16-4-1-2-6-18(16)27-20/h1-2,4,6-8,10,17H,3,5,9,12H2,(H,23,26)/p+1/t17-/m0/s1. The van der Waals surface area contributed by atoms with Crippen LogP contribution in [0.1, 0.15) is 29.5 Å². The molecule has 0 saturated carbocycles. The average Bonchev–Trinajstić information content (AvgIpc) is 3.27. The van der Waals surface area contributed by atoms with Gasteiger partial charge in [0.15, 0.2) is 11.6 Å². The Hall–Kier alpha value is -2.46. The van der Waals surface area contributed by atoms with E-state index in [1.807, 2.05) is 24.3 Å². The van der Waals surface area contributed by atoms with E-state index in [0.29, 0.717) is 22.8 Å². The van der Waals surface area contributed by atoms with Crippen LogP contribution in [0.4, 0.5) is 5.69 Å². The molecule has 2 N–H and O–H groups in total. The molecule has 0 aliphatic carbocycles. The SMILES string of the molecule is N#Cc1ccc(NC(=O)C[NH+]2CCC[C@H]2c2nc3ccccc3s2)cc1Cl. The first-order valence-electron chi connectivity index (χ1n) is 8.83. The molecule has 4 rings (SSSR count). The molecule has 1 saturated heterocycles. The Morgan fingerprint density at radius 1 is 1.37 bits per heavy atom. The Bertz CT molecular complexity index is 1010. The Kier molecular flexibility index (Phi) is 5.08. The number of rotatable bonds is 4. The van der Waals surface area contributed by atoms with E-state index in [9.17, 15) is 4.79 Å². The summed E-state index contributed by atoms with van der Waals surface area (Å²) in [6, 6.07) is 15.4. The predicted molar refractivity (Wildman–Crippen MR) is 107 cm³/mol. The van der Waals surface area contributed by atoms with E-state index in [0.717, 1.165) is 29.9 Å². The number of anilines is 1. The van der Waals surface area contributed by atoms with Crippen molar-refractivity contribution in [3.63, 3.8) is 0 Å². The molecule has 5 nitrogen and oxygen atoms in total. The largest absolute Gasteiger partial charge is 0.321 e. The van der Waals surface area contributed by atoms with Gasteiger partial charge in [-0.15, -0.1) is 11.3 Å². The molecule has 1 aliphatic rings. The first-order chi connectivity index (χ1) is 13.1. The van der Waals surface area contributed by atoms with Gasteiger partial charge in [-0.1, -0.05) is 23.7 Å². The number of carbonyl (C=O) groups excluding carboxylic acids is 1. The maximum absolute atomic E-state index is 12.5. The van der Waals surface area contributed by atoms with E-state index >= 15 is 0 Å². The molecule has 2 atom stereocenters. The topological polar surface area (TPSA) is 70.2 Å². The van der Waals surface area contributed by atoms with Gasteiger partial charge in [0.25, 0.3) is 5.91 Å². The number of para-hydroxylation sites is 1. The van der Waals surface area contributed by atoms with E-state index in [1.54, 1.807) is 29.5 Å². The number of carbonyl (C=O) groups is 1. The molecular weight excluding hydrogens is 380 g/mol. The number of nitriles is 1. The lowest BCUT2D eigenvalue weighted by atomic mass is 10.2. The molecule has 1 unspecified atom stereocenters. The van der Waals surface area contributed by atoms with Gasteiger partial charge in [-0.2, -0.15) is 5.26 Å². The van der Waals surface area contributed by atoms with Gasteiger partial charge in [0.1, 0.15) is 12.1 Å². The molecule has 2 heterocycles. The lowest BCUT2D eigenvalue weighted by Gasteiger charge is -2.19. The number of quaternary nitrogens is 1. The molecule has 0 radical (unpaired) electrons. The molecule has 1 amide bonds. The molecule has 3 aromatic rings. The lowest BCUT2D eigenvalue weighted by Crippen LogP contribution is -3.11. The van der Waals surface area contributed by atoms with Gasteiger partial charge in [-0.25, -0.2) is 4.98 Å². The van der Waals surface area contributed by atoms with Gasteiger partial charge < -0.3 is 10.2 Å². The van der Waals surface area contributed by atoms with E-state index < -0.39 is 0 Å². The summed E-state index contributed by atoms with van der Waals surface area (Å²) in [5.74, 6) is -0.0567. The van der Waals surface area contributed by atoms with Crippen LogP contribution in [0.2, 0.25) is 5.02 Å². The van der Waals surface area contributed by atoms with E-state index in [4.69, 9.17) is 21.8 Å². The molecule has 1 aromatic heterocycles. The number of likely N-dealkylation sites (tertiary alicyclic amines) is 1. The van der Waals surface area contributed by atoms with Crippen LogP contribution < -0.4 is 10.2 Å². The summed E-state index contributed by atoms with van der Waals surface area (Å²) in [7, 11) is 0. The zero-order valence-corrected chi connectivity index (χ0v) is 16.1. The Balaban J connectivity index is 1.45. The average molecular weight is 398 g/mol. The number of amides is 1. The number of hydrogen-bond donors (Lipinski definition) is 2. The van der Waals surface area contributed by atoms with Crippen molar-refractivity contribution in [1.82, 2.24) is 4.98 Å². The number of nitrogens with one attached hydrogen (secondary N) is 2. The first kappa shape index (κ1) is 17.9. The maximum atomic E-state index is 12.5. The Labute approximate surface area is 166 Å². The minimum absolute atomic E-state index is 0.0567. The fraction of sp³-hybridized carbons (Fsp3) is 0.250. The third kappa shape index (κ3) is 3.81. The van der Waals surface area contributed by atoms with Crippen LogP contribution in [0.25, 0.3) is 10.2 Å². The number of halogens is 1. The van der Waals surface area contributed by atoms with Crippen molar-refractivity contribution in [2.45, 2.75) is 18.9 Å². The molecule has 1 fully saturated rings. The van der Waals surface area contributed by atoms with Crippen LogP contribution in [0.3, 0.4) is 0 Å². The summed E-state index contributed by atoms with van der Waals surface area (Å²) < 4.78 is 1.19. The van der Waals surface area contributed by atoms with Crippen molar-refractivity contribution in [2.75, 3.05) is 18.4 Å². The minimum atomic E-state index is -0.0567. The fourth-order valence-electron chi connectivity index (χ4n) is 3.56. The molecule has 0 spiro atoms. The van der Waals surface area contributed by atoms with Crippen molar-refractivity contribution in [1.29, 1.82) is 5.26 Å².